The van der Waals surface area contributed by atoms with Crippen LogP contribution in [-0.4, -0.2) is 178 Å². The number of carbonyl (C=O) groups excluding carboxylic acids is 11. The molecule has 0 saturated carbocycles. The van der Waals surface area contributed by atoms with Crippen molar-refractivity contribution in [2.45, 2.75) is 168 Å². The highest BCUT2D eigenvalue weighted by atomic mass is 16.8. The molecule has 3 heterocycles. The van der Waals surface area contributed by atoms with Crippen molar-refractivity contribution < 1.29 is 129 Å². The summed E-state index contributed by atoms with van der Waals surface area (Å²) >= 11 is 0. The minimum absolute atomic E-state index is 0.691. The van der Waals surface area contributed by atoms with Crippen molar-refractivity contribution in [2.75, 3.05) is 19.8 Å². The largest absolute Gasteiger partial charge is 0.463 e. The van der Waals surface area contributed by atoms with Gasteiger partial charge in [-0.05, 0) is 0 Å². The highest BCUT2D eigenvalue weighted by Crippen LogP contribution is 2.38. The molecule has 3 aliphatic rings. The Balaban J connectivity index is 2.31. The lowest BCUT2D eigenvalue weighted by Crippen LogP contribution is -2.69. The maximum absolute atomic E-state index is 13.0. The molecule has 376 valence electrons. The van der Waals surface area contributed by atoms with Crippen LogP contribution < -0.4 is 0 Å². The van der Waals surface area contributed by atoms with Gasteiger partial charge in [-0.3, -0.25) is 52.7 Å². The molecule has 3 fully saturated rings. The number of carbonyl (C=O) groups is 11. The van der Waals surface area contributed by atoms with Gasteiger partial charge in [0.05, 0.1) is 0 Å². The van der Waals surface area contributed by atoms with Crippen molar-refractivity contribution in [1.29, 1.82) is 0 Å². The second kappa shape index (κ2) is 25.2. The van der Waals surface area contributed by atoms with Gasteiger partial charge in [0.15, 0.2) is 49.2 Å². The van der Waals surface area contributed by atoms with E-state index in [1.54, 1.807) is 0 Å². The molecule has 0 bridgehead atoms. The Kier molecular flexibility index (Phi) is 20.8. The Bertz CT molecular complexity index is 1850. The molecule has 0 amide bonds. The molecule has 0 aromatic rings. The summed E-state index contributed by atoms with van der Waals surface area (Å²) in [7, 11) is 0. The Morgan fingerprint density at radius 2 is 0.493 bits per heavy atom. The molecule has 3 aliphatic heterocycles. The molecule has 0 radical (unpaired) electrons. The number of rotatable bonds is 18. The minimum atomic E-state index is -2.06. The lowest BCUT2D eigenvalue weighted by molar-refractivity contribution is -0.378. The normalized spacial score (nSPS) is 31.2. The SMILES string of the molecule is CC(=O)OC[C@H]1OC(O[C@H]2[C@@H](OC(C)=O)[C@@H](OC(C)=O)C(O[C@H]3[C@@H](OC(C)=O)[C@@H](OC(C)=O)C(OC(C)=O)O[C@@H]3COC(C)=O)O[C@@H]2COC(C)=O)[C@H](OC(C)=O)[C@H](OC(C)=O)[C@@H]1OC(C)=O. The zero-order valence-electron chi connectivity index (χ0n) is 38.3. The van der Waals surface area contributed by atoms with Crippen LogP contribution >= 0.6 is 0 Å². The van der Waals surface area contributed by atoms with Gasteiger partial charge < -0.3 is 75.8 Å². The van der Waals surface area contributed by atoms with Crippen LogP contribution in [0.5, 0.6) is 0 Å². The standard InChI is InChI=1S/C40H54O27/c1-15(41)52-12-26-29(55-18(4)44)32(56-19(5)45)36(60-23(9)49)39(64-26)67-31-28(14-54-17(3)43)65-40(37(61-24(10)50)34(31)58-21(7)47)66-30-27(13-53-16(2)42)63-38(62-25(11)51)35(59-22(8)48)33(30)57-20(6)46/h26-40H,12-14H2,1-11H3/t26-,27-,28-,29-,30-,31-,32-,33-,34-,35-,36-,37-,38?,39?,40?/m1/s1. The summed E-state index contributed by atoms with van der Waals surface area (Å²) in [4.78, 5) is 137. The van der Waals surface area contributed by atoms with E-state index in [0.29, 0.717) is 0 Å². The molecule has 15 atom stereocenters. The molecule has 27 nitrogen and oxygen atoms in total. The second-order valence-corrected chi connectivity index (χ2v) is 14.9. The van der Waals surface area contributed by atoms with E-state index in [1.807, 2.05) is 0 Å². The third-order valence-electron chi connectivity index (χ3n) is 9.11. The molecule has 3 saturated heterocycles. The van der Waals surface area contributed by atoms with Gasteiger partial charge in [-0.25, -0.2) is 0 Å². The molecule has 67 heavy (non-hydrogen) atoms. The van der Waals surface area contributed by atoms with Gasteiger partial charge >= 0.3 is 65.7 Å². The predicted molar refractivity (Wildman–Crippen MR) is 206 cm³/mol. The van der Waals surface area contributed by atoms with Crippen molar-refractivity contribution in [2.24, 2.45) is 0 Å². The molecule has 3 unspecified atom stereocenters. The van der Waals surface area contributed by atoms with Gasteiger partial charge in [-0.2, -0.15) is 0 Å². The van der Waals surface area contributed by atoms with E-state index in [-0.39, 0.29) is 0 Å². The van der Waals surface area contributed by atoms with Crippen LogP contribution in [-0.2, 0) is 129 Å². The molecular formula is C40H54O27. The van der Waals surface area contributed by atoms with Crippen molar-refractivity contribution in [3.8, 4) is 0 Å². The molecule has 27 heteroatoms. The first-order valence-corrected chi connectivity index (χ1v) is 20.3. The van der Waals surface area contributed by atoms with E-state index in [0.717, 1.165) is 76.2 Å². The lowest BCUT2D eigenvalue weighted by atomic mass is 9.95. The highest BCUT2D eigenvalue weighted by molar-refractivity contribution is 5.70. The summed E-state index contributed by atoms with van der Waals surface area (Å²) < 4.78 is 90.4. The van der Waals surface area contributed by atoms with Gasteiger partial charge in [0.1, 0.15) is 50.3 Å². The Hall–Kier alpha value is -6.03. The fourth-order valence-electron chi connectivity index (χ4n) is 7.01. The summed E-state index contributed by atoms with van der Waals surface area (Å²) in [5.74, 6) is -10.7. The average molecular weight is 967 g/mol. The quantitative estimate of drug-likeness (QED) is 0.114. The first-order chi connectivity index (χ1) is 31.3. The second-order valence-electron chi connectivity index (χ2n) is 14.9. The number of ether oxygens (including phenoxy) is 16. The van der Waals surface area contributed by atoms with Crippen LogP contribution in [0.25, 0.3) is 0 Å². The van der Waals surface area contributed by atoms with Crippen LogP contribution in [0.4, 0.5) is 0 Å². The van der Waals surface area contributed by atoms with E-state index >= 15 is 0 Å². The molecule has 0 aromatic carbocycles. The van der Waals surface area contributed by atoms with E-state index in [2.05, 4.69) is 0 Å². The number of esters is 11. The third-order valence-corrected chi connectivity index (χ3v) is 9.11. The first kappa shape index (κ1) is 55.3. The summed E-state index contributed by atoms with van der Waals surface area (Å²) in [5, 5.41) is 0. The van der Waals surface area contributed by atoms with Gasteiger partial charge in [-0.1, -0.05) is 0 Å². The Labute approximate surface area is 382 Å². The van der Waals surface area contributed by atoms with Crippen LogP contribution in [0.1, 0.15) is 76.2 Å². The van der Waals surface area contributed by atoms with Crippen molar-refractivity contribution in [3.63, 3.8) is 0 Å². The Morgan fingerprint density at radius 1 is 0.269 bits per heavy atom. The maximum Gasteiger partial charge on any atom is 0.305 e. The van der Waals surface area contributed by atoms with Gasteiger partial charge in [0.25, 0.3) is 0 Å². The zero-order chi connectivity index (χ0) is 50.4. The number of hydrogen-bond donors (Lipinski definition) is 0. The average Bonchev–Trinajstić information content (AvgIpc) is 3.17. The summed E-state index contributed by atoms with van der Waals surface area (Å²) in [6.07, 6.45) is -27.3. The highest BCUT2D eigenvalue weighted by Gasteiger charge is 2.60. The molecule has 0 spiro atoms. The minimum Gasteiger partial charge on any atom is -0.463 e. The number of hydrogen-bond acceptors (Lipinski definition) is 27. The van der Waals surface area contributed by atoms with Crippen LogP contribution in [0.3, 0.4) is 0 Å². The fourth-order valence-corrected chi connectivity index (χ4v) is 7.01. The zero-order valence-corrected chi connectivity index (χ0v) is 38.3. The topological polar surface area (TPSA) is 335 Å². The molecule has 0 aromatic heterocycles. The van der Waals surface area contributed by atoms with Crippen LogP contribution in [0.15, 0.2) is 0 Å². The van der Waals surface area contributed by atoms with Crippen molar-refractivity contribution in [3.05, 3.63) is 0 Å². The van der Waals surface area contributed by atoms with Gasteiger partial charge in [-0.15, -0.1) is 0 Å². The smallest absolute Gasteiger partial charge is 0.305 e. The fraction of sp³-hybridized carbons (Fsp3) is 0.725. The van der Waals surface area contributed by atoms with Gasteiger partial charge in [0.2, 0.25) is 12.4 Å². The van der Waals surface area contributed by atoms with Crippen LogP contribution in [0.2, 0.25) is 0 Å². The van der Waals surface area contributed by atoms with E-state index in [9.17, 15) is 52.7 Å². The first-order valence-electron chi connectivity index (χ1n) is 20.3. The van der Waals surface area contributed by atoms with Crippen LogP contribution in [0, 0.1) is 0 Å². The van der Waals surface area contributed by atoms with Crippen molar-refractivity contribution in [1.82, 2.24) is 0 Å². The summed E-state index contributed by atoms with van der Waals surface area (Å²) in [6, 6.07) is 0. The third kappa shape index (κ3) is 17.0. The predicted octanol–water partition coefficient (Wildman–Crippen LogP) is -1.29. The molecular weight excluding hydrogens is 912 g/mol. The lowest BCUT2D eigenvalue weighted by Gasteiger charge is -2.50. The monoisotopic (exact) mass is 966 g/mol. The van der Waals surface area contributed by atoms with Crippen molar-refractivity contribution >= 4 is 65.7 Å². The summed E-state index contributed by atoms with van der Waals surface area (Å²) in [5.41, 5.74) is 0. The Morgan fingerprint density at radius 3 is 0.776 bits per heavy atom. The van der Waals surface area contributed by atoms with E-state index in [1.165, 1.54) is 0 Å². The summed E-state index contributed by atoms with van der Waals surface area (Å²) in [6.45, 7) is 8.53. The van der Waals surface area contributed by atoms with Gasteiger partial charge in [0, 0.05) is 76.2 Å². The van der Waals surface area contributed by atoms with E-state index < -0.39 is 178 Å². The maximum atomic E-state index is 13.0. The molecule has 0 aliphatic carbocycles. The van der Waals surface area contributed by atoms with E-state index in [4.69, 9.17) is 75.8 Å². The molecule has 3 rings (SSSR count). The molecule has 0 N–H and O–H groups in total.